The molecule has 1 aliphatic rings. The fraction of sp³-hybridized carbons (Fsp3) is 0.350. The second-order valence-corrected chi connectivity index (χ2v) is 8.55. The third-order valence-electron chi connectivity index (χ3n) is 5.24. The number of ketones is 1. The lowest BCUT2D eigenvalue weighted by atomic mass is 9.96. The molecule has 3 heterocycles. The molecule has 1 amide bonds. The molecule has 8 nitrogen and oxygen atoms in total. The van der Waals surface area contributed by atoms with Crippen LogP contribution in [0.2, 0.25) is 5.02 Å². The van der Waals surface area contributed by atoms with Gasteiger partial charge in [0.2, 0.25) is 5.91 Å². The topological polar surface area (TPSA) is 97.2 Å². The highest BCUT2D eigenvalue weighted by atomic mass is 35.5. The molecule has 0 atom stereocenters. The van der Waals surface area contributed by atoms with Crippen LogP contribution < -0.4 is 15.8 Å². The normalized spacial score (nSPS) is 14.8. The van der Waals surface area contributed by atoms with Crippen LogP contribution in [0.15, 0.2) is 35.4 Å². The first-order chi connectivity index (χ1) is 14.5. The molecule has 1 aromatic carbocycles. The Bertz CT molecular complexity index is 1150. The van der Waals surface area contributed by atoms with E-state index < -0.39 is 0 Å². The molecule has 0 bridgehead atoms. The van der Waals surface area contributed by atoms with E-state index in [0.29, 0.717) is 39.2 Å². The molecule has 1 fully saturated rings. The highest BCUT2D eigenvalue weighted by Crippen LogP contribution is 2.29. The molecule has 0 radical (unpaired) electrons. The third kappa shape index (κ3) is 4.08. The first kappa shape index (κ1) is 20.5. The zero-order valence-corrected chi connectivity index (χ0v) is 17.9. The van der Waals surface area contributed by atoms with Gasteiger partial charge in [0.25, 0.3) is 5.56 Å². The van der Waals surface area contributed by atoms with Gasteiger partial charge in [0.1, 0.15) is 11.0 Å². The van der Waals surface area contributed by atoms with Gasteiger partial charge in [0.05, 0.1) is 6.54 Å². The van der Waals surface area contributed by atoms with E-state index in [4.69, 9.17) is 11.6 Å². The quantitative estimate of drug-likeness (QED) is 0.605. The average molecular weight is 446 g/mol. The molecular formula is C20H20ClN5O3S. The molecule has 30 heavy (non-hydrogen) atoms. The van der Waals surface area contributed by atoms with Gasteiger partial charge in [-0.3, -0.25) is 19.0 Å². The van der Waals surface area contributed by atoms with E-state index >= 15 is 0 Å². The molecule has 0 unspecified atom stereocenters. The zero-order valence-electron chi connectivity index (χ0n) is 16.3. The van der Waals surface area contributed by atoms with Crippen molar-refractivity contribution in [3.8, 4) is 0 Å². The molecule has 2 aromatic heterocycles. The number of fused-ring (bicyclic) bond motifs is 1. The van der Waals surface area contributed by atoms with Crippen LogP contribution in [-0.4, -0.2) is 46.4 Å². The number of nitrogens with one attached hydrogen (secondary N) is 1. The molecule has 10 heteroatoms. The summed E-state index contributed by atoms with van der Waals surface area (Å²) in [5.74, 6) is -0.125. The summed E-state index contributed by atoms with van der Waals surface area (Å²) in [6.07, 6.45) is 2.84. The Labute approximate surface area is 181 Å². The van der Waals surface area contributed by atoms with Gasteiger partial charge in [-0.2, -0.15) is 4.98 Å². The van der Waals surface area contributed by atoms with Gasteiger partial charge in [-0.1, -0.05) is 22.9 Å². The van der Waals surface area contributed by atoms with Crippen LogP contribution in [0.4, 0.5) is 5.13 Å². The summed E-state index contributed by atoms with van der Waals surface area (Å²) in [6, 6.07) is 6.55. The lowest BCUT2D eigenvalue weighted by molar-refractivity contribution is -0.125. The number of piperidine rings is 1. The van der Waals surface area contributed by atoms with Crippen molar-refractivity contribution in [1.29, 1.82) is 0 Å². The average Bonchev–Trinajstić information content (AvgIpc) is 3.21. The number of benzene rings is 1. The Morgan fingerprint density at radius 1 is 1.23 bits per heavy atom. The Hall–Kier alpha value is -2.78. The van der Waals surface area contributed by atoms with Crippen LogP contribution in [0, 0.1) is 5.92 Å². The van der Waals surface area contributed by atoms with Crippen molar-refractivity contribution in [1.82, 2.24) is 19.9 Å². The van der Waals surface area contributed by atoms with Crippen molar-refractivity contribution in [3.63, 3.8) is 0 Å². The van der Waals surface area contributed by atoms with Gasteiger partial charge in [0, 0.05) is 36.6 Å². The zero-order chi connectivity index (χ0) is 21.3. The fourth-order valence-corrected chi connectivity index (χ4v) is 4.65. The van der Waals surface area contributed by atoms with Crippen LogP contribution in [0.25, 0.3) is 10.3 Å². The summed E-state index contributed by atoms with van der Waals surface area (Å²) in [5.41, 5.74) is 0.574. The minimum atomic E-state index is -0.286. The van der Waals surface area contributed by atoms with E-state index in [-0.39, 0.29) is 29.7 Å². The largest absolute Gasteiger partial charge is 0.359 e. The van der Waals surface area contributed by atoms with Gasteiger partial charge in [-0.25, -0.2) is 4.98 Å². The van der Waals surface area contributed by atoms with Crippen molar-refractivity contribution in [2.75, 3.05) is 25.0 Å². The molecule has 1 saturated heterocycles. The van der Waals surface area contributed by atoms with Crippen molar-refractivity contribution in [3.05, 3.63) is 51.5 Å². The number of carbonyl (C=O) groups is 2. The third-order valence-corrected chi connectivity index (χ3v) is 6.58. The molecule has 3 aromatic rings. The highest BCUT2D eigenvalue weighted by Gasteiger charge is 2.26. The van der Waals surface area contributed by atoms with E-state index in [1.54, 1.807) is 31.3 Å². The Morgan fingerprint density at radius 2 is 1.93 bits per heavy atom. The Morgan fingerprint density at radius 3 is 2.60 bits per heavy atom. The van der Waals surface area contributed by atoms with Crippen LogP contribution in [-0.2, 0) is 11.3 Å². The summed E-state index contributed by atoms with van der Waals surface area (Å²) in [7, 11) is 1.65. The van der Waals surface area contributed by atoms with E-state index in [2.05, 4.69) is 20.2 Å². The van der Waals surface area contributed by atoms with Crippen LogP contribution in [0.5, 0.6) is 0 Å². The van der Waals surface area contributed by atoms with Crippen molar-refractivity contribution < 1.29 is 9.59 Å². The Balaban J connectivity index is 1.52. The minimum absolute atomic E-state index is 0.00913. The second-order valence-electron chi connectivity index (χ2n) is 7.13. The molecule has 4 rings (SSSR count). The number of Topliss-reactive ketones (excluding diaryl/α,β-unsaturated/α-hetero) is 1. The highest BCUT2D eigenvalue weighted by molar-refractivity contribution is 7.22. The molecule has 0 saturated carbocycles. The van der Waals surface area contributed by atoms with Gasteiger partial charge >= 0.3 is 0 Å². The summed E-state index contributed by atoms with van der Waals surface area (Å²) < 4.78 is 1.73. The maximum Gasteiger partial charge on any atom is 0.273 e. The second kappa shape index (κ2) is 8.53. The SMILES string of the molecule is CNC(=O)C1CCN(c2nc3ncn(CC(=O)c4ccc(Cl)cc4)c(=O)c3s2)CC1. The number of aromatic nitrogens is 3. The number of hydrogen-bond donors (Lipinski definition) is 1. The van der Waals surface area contributed by atoms with Crippen molar-refractivity contribution in [2.45, 2.75) is 19.4 Å². The summed E-state index contributed by atoms with van der Waals surface area (Å²) >= 11 is 7.13. The first-order valence-electron chi connectivity index (χ1n) is 9.57. The Kier molecular flexibility index (Phi) is 5.83. The van der Waals surface area contributed by atoms with Crippen LogP contribution in [0.3, 0.4) is 0 Å². The molecular weight excluding hydrogens is 426 g/mol. The lowest BCUT2D eigenvalue weighted by Crippen LogP contribution is -2.39. The van der Waals surface area contributed by atoms with E-state index in [1.165, 1.54) is 22.2 Å². The predicted octanol–water partition coefficient (Wildman–Crippen LogP) is 2.35. The van der Waals surface area contributed by atoms with Gasteiger partial charge < -0.3 is 10.2 Å². The number of nitrogens with zero attached hydrogens (tertiary/aromatic N) is 4. The minimum Gasteiger partial charge on any atom is -0.359 e. The lowest BCUT2D eigenvalue weighted by Gasteiger charge is -2.30. The van der Waals surface area contributed by atoms with Crippen molar-refractivity contribution >= 4 is 50.1 Å². The number of rotatable bonds is 5. The number of hydrogen-bond acceptors (Lipinski definition) is 7. The molecule has 1 N–H and O–H groups in total. The maximum atomic E-state index is 12.9. The molecule has 0 spiro atoms. The van der Waals surface area contributed by atoms with Gasteiger partial charge in [-0.05, 0) is 37.1 Å². The number of thiazole rings is 1. The molecule has 156 valence electrons. The molecule has 0 aliphatic carbocycles. The van der Waals surface area contributed by atoms with E-state index in [9.17, 15) is 14.4 Å². The van der Waals surface area contributed by atoms with Crippen LogP contribution >= 0.6 is 22.9 Å². The number of halogens is 1. The first-order valence-corrected chi connectivity index (χ1v) is 10.8. The van der Waals surface area contributed by atoms with Gasteiger partial charge in [0.15, 0.2) is 16.6 Å². The maximum absolute atomic E-state index is 12.9. The fourth-order valence-electron chi connectivity index (χ4n) is 3.50. The van der Waals surface area contributed by atoms with Crippen molar-refractivity contribution in [2.24, 2.45) is 5.92 Å². The van der Waals surface area contributed by atoms with Gasteiger partial charge in [-0.15, -0.1) is 0 Å². The summed E-state index contributed by atoms with van der Waals surface area (Å²) in [6.45, 7) is 1.29. The summed E-state index contributed by atoms with van der Waals surface area (Å²) in [4.78, 5) is 48.0. The van der Waals surface area contributed by atoms with E-state index in [1.807, 2.05) is 0 Å². The number of carbonyl (C=O) groups excluding carboxylic acids is 2. The number of anilines is 1. The predicted molar refractivity (Wildman–Crippen MR) is 116 cm³/mol. The standard InChI is InChI=1S/C20H20ClN5O3S/c1-22-18(28)13-6-8-25(9-7-13)20-24-17-16(30-20)19(29)26(11-23-17)10-15(27)12-2-4-14(21)5-3-12/h2-5,11,13H,6-10H2,1H3,(H,22,28). The van der Waals surface area contributed by atoms with Crippen LogP contribution in [0.1, 0.15) is 23.2 Å². The van der Waals surface area contributed by atoms with E-state index in [0.717, 1.165) is 12.8 Å². The monoisotopic (exact) mass is 445 g/mol. The summed E-state index contributed by atoms with van der Waals surface area (Å²) in [5, 5.41) is 3.96. The smallest absolute Gasteiger partial charge is 0.273 e. The number of amides is 1. The molecule has 1 aliphatic heterocycles.